The van der Waals surface area contributed by atoms with E-state index in [4.69, 9.17) is 9.47 Å². The molecular formula is C28H22N2O4S. The molecule has 4 rings (SSSR count). The average molecular weight is 483 g/mol. The number of benzene rings is 3. The van der Waals surface area contributed by atoms with Gasteiger partial charge in [0.1, 0.15) is 28.7 Å². The molecule has 3 aromatic rings. The Morgan fingerprint density at radius 3 is 2.54 bits per heavy atom. The fourth-order valence-electron chi connectivity index (χ4n) is 3.39. The molecule has 0 aromatic heterocycles. The number of thioether (sulfide) groups is 1. The van der Waals surface area contributed by atoms with Crippen molar-refractivity contribution < 1.29 is 19.4 Å². The van der Waals surface area contributed by atoms with Crippen LogP contribution in [-0.4, -0.2) is 22.7 Å². The molecule has 6 nitrogen and oxygen atoms in total. The van der Waals surface area contributed by atoms with E-state index in [0.29, 0.717) is 32.5 Å². The van der Waals surface area contributed by atoms with Crippen molar-refractivity contribution in [1.82, 2.24) is 0 Å². The van der Waals surface area contributed by atoms with Crippen LogP contribution >= 0.6 is 11.8 Å². The van der Waals surface area contributed by atoms with E-state index in [1.54, 1.807) is 19.1 Å². The summed E-state index contributed by atoms with van der Waals surface area (Å²) in [5.74, 6) is -0.242. The Bertz CT molecular complexity index is 1370. The van der Waals surface area contributed by atoms with Gasteiger partial charge in [-0.15, -0.1) is 0 Å². The minimum atomic E-state index is -0.631. The Morgan fingerprint density at radius 1 is 1.06 bits per heavy atom. The molecule has 0 radical (unpaired) electrons. The van der Waals surface area contributed by atoms with E-state index in [-0.39, 0.29) is 24.5 Å². The lowest BCUT2D eigenvalue weighted by molar-refractivity contribution is -0.138. The normalized spacial score (nSPS) is 15.3. The molecular weight excluding hydrogens is 460 g/mol. The van der Waals surface area contributed by atoms with Crippen molar-refractivity contribution in [2.75, 3.05) is 6.61 Å². The predicted molar refractivity (Wildman–Crippen MR) is 137 cm³/mol. The van der Waals surface area contributed by atoms with Crippen molar-refractivity contribution in [2.24, 2.45) is 4.99 Å². The third-order valence-electron chi connectivity index (χ3n) is 5.08. The molecule has 1 aliphatic heterocycles. The van der Waals surface area contributed by atoms with Crippen LogP contribution in [0, 0.1) is 11.3 Å². The van der Waals surface area contributed by atoms with Gasteiger partial charge >= 0.3 is 5.97 Å². The summed E-state index contributed by atoms with van der Waals surface area (Å²) in [4.78, 5) is 17.6. The van der Waals surface area contributed by atoms with Crippen molar-refractivity contribution in [3.8, 4) is 11.8 Å². The van der Waals surface area contributed by atoms with Gasteiger partial charge in [-0.05, 0) is 37.3 Å². The summed E-state index contributed by atoms with van der Waals surface area (Å²) in [6.07, 6.45) is 1.75. The average Bonchev–Trinajstić information content (AvgIpc) is 3.18. The summed E-state index contributed by atoms with van der Waals surface area (Å²) in [7, 11) is 0. The van der Waals surface area contributed by atoms with Crippen LogP contribution in [0.15, 0.2) is 100 Å². The second-order valence-electron chi connectivity index (χ2n) is 7.40. The molecule has 1 heterocycles. The number of nitrogens with zero attached hydrogens (tertiary/aromatic N) is 2. The summed E-state index contributed by atoms with van der Waals surface area (Å²) in [5, 5.41) is 20.6. The highest BCUT2D eigenvalue weighted by Crippen LogP contribution is 2.41. The van der Waals surface area contributed by atoms with Crippen LogP contribution in [0.5, 0.6) is 5.75 Å². The minimum absolute atomic E-state index is 0.0355. The maximum atomic E-state index is 12.6. The van der Waals surface area contributed by atoms with E-state index in [1.165, 1.54) is 11.8 Å². The van der Waals surface area contributed by atoms with Gasteiger partial charge in [-0.2, -0.15) is 5.26 Å². The summed E-state index contributed by atoms with van der Waals surface area (Å²) in [6, 6.07) is 26.0. The topological polar surface area (TPSA) is 91.9 Å². The SMILES string of the molecule is CCOC(=O)C1=C(O)/C(=C/c2ccccc2OCc2ccccc2C#N)SC1=Nc1ccccc1. The van der Waals surface area contributed by atoms with Crippen LogP contribution in [0.1, 0.15) is 23.6 Å². The van der Waals surface area contributed by atoms with Crippen molar-refractivity contribution in [3.05, 3.63) is 112 Å². The van der Waals surface area contributed by atoms with Crippen LogP contribution < -0.4 is 4.74 Å². The standard InChI is InChI=1S/C28H22N2O4S/c1-2-33-28(32)25-26(31)24(35-27(25)30-22-13-4-3-5-14-22)16-19-10-8-9-15-23(19)34-18-21-12-7-6-11-20(21)17-29/h3-16,31H,2,18H2,1H3/b24-16-,30-27?. The number of aliphatic hydroxyl groups excluding tert-OH is 1. The molecule has 0 saturated heterocycles. The number of hydrogen-bond donors (Lipinski definition) is 1. The molecule has 7 heteroatoms. The molecule has 0 fully saturated rings. The van der Waals surface area contributed by atoms with Gasteiger partial charge in [-0.3, -0.25) is 0 Å². The summed E-state index contributed by atoms with van der Waals surface area (Å²) in [5.41, 5.74) is 2.73. The lowest BCUT2D eigenvalue weighted by Crippen LogP contribution is -2.12. The monoisotopic (exact) mass is 482 g/mol. The zero-order valence-corrected chi connectivity index (χ0v) is 19.8. The molecule has 0 saturated carbocycles. The first-order valence-electron chi connectivity index (χ1n) is 10.9. The summed E-state index contributed by atoms with van der Waals surface area (Å²) in [6.45, 7) is 2.10. The number of hydrogen-bond acceptors (Lipinski definition) is 7. The van der Waals surface area contributed by atoms with E-state index >= 15 is 0 Å². The first-order valence-corrected chi connectivity index (χ1v) is 11.8. The summed E-state index contributed by atoms with van der Waals surface area (Å²) < 4.78 is 11.2. The van der Waals surface area contributed by atoms with Gasteiger partial charge < -0.3 is 14.6 Å². The first-order chi connectivity index (χ1) is 17.1. The van der Waals surface area contributed by atoms with Crippen LogP contribution in [0.25, 0.3) is 6.08 Å². The second kappa shape index (κ2) is 11.2. The zero-order chi connectivity index (χ0) is 24.6. The van der Waals surface area contributed by atoms with Gasteiger partial charge in [0.2, 0.25) is 0 Å². The van der Waals surface area contributed by atoms with Crippen LogP contribution in [0.3, 0.4) is 0 Å². The van der Waals surface area contributed by atoms with E-state index in [2.05, 4.69) is 11.1 Å². The van der Waals surface area contributed by atoms with Crippen LogP contribution in [0.2, 0.25) is 0 Å². The Kier molecular flexibility index (Phi) is 7.66. The highest BCUT2D eigenvalue weighted by Gasteiger charge is 2.33. The number of nitriles is 1. The third-order valence-corrected chi connectivity index (χ3v) is 6.10. The number of carbonyl (C=O) groups excluding carboxylic acids is 1. The molecule has 0 aliphatic carbocycles. The quantitative estimate of drug-likeness (QED) is 0.396. The lowest BCUT2D eigenvalue weighted by atomic mass is 10.1. The number of esters is 1. The first kappa shape index (κ1) is 23.9. The Hall–Kier alpha value is -4.28. The minimum Gasteiger partial charge on any atom is -0.506 e. The molecule has 35 heavy (non-hydrogen) atoms. The van der Waals surface area contributed by atoms with Gasteiger partial charge in [-0.25, -0.2) is 9.79 Å². The molecule has 3 aromatic carbocycles. The molecule has 0 atom stereocenters. The summed E-state index contributed by atoms with van der Waals surface area (Å²) >= 11 is 1.19. The van der Waals surface area contributed by atoms with E-state index in [1.807, 2.05) is 72.8 Å². The number of carbonyl (C=O) groups is 1. The van der Waals surface area contributed by atoms with E-state index < -0.39 is 5.97 Å². The van der Waals surface area contributed by atoms with Crippen LogP contribution in [-0.2, 0) is 16.1 Å². The van der Waals surface area contributed by atoms with Gasteiger partial charge in [0.15, 0.2) is 0 Å². The van der Waals surface area contributed by atoms with Crippen molar-refractivity contribution >= 4 is 34.5 Å². The fourth-order valence-corrected chi connectivity index (χ4v) is 4.42. The van der Waals surface area contributed by atoms with Crippen LogP contribution in [0.4, 0.5) is 5.69 Å². The zero-order valence-electron chi connectivity index (χ0n) is 19.0. The van der Waals surface area contributed by atoms with Gasteiger partial charge in [-0.1, -0.05) is 66.4 Å². The number of aliphatic imine (C=N–C) groups is 1. The molecule has 174 valence electrons. The van der Waals surface area contributed by atoms with Gasteiger partial charge in [0, 0.05) is 11.1 Å². The molecule has 1 aliphatic rings. The lowest BCUT2D eigenvalue weighted by Gasteiger charge is -2.11. The maximum absolute atomic E-state index is 12.6. The van der Waals surface area contributed by atoms with Gasteiger partial charge in [0.25, 0.3) is 0 Å². The number of rotatable bonds is 7. The Morgan fingerprint density at radius 2 is 1.77 bits per heavy atom. The smallest absolute Gasteiger partial charge is 0.344 e. The molecule has 1 N–H and O–H groups in total. The van der Waals surface area contributed by atoms with E-state index in [0.717, 1.165) is 5.56 Å². The Labute approximate surface area is 207 Å². The molecule has 0 spiro atoms. The van der Waals surface area contributed by atoms with Gasteiger partial charge in [0.05, 0.1) is 28.8 Å². The fraction of sp³-hybridized carbons (Fsp3) is 0.107. The molecule has 0 bridgehead atoms. The molecule has 0 unspecified atom stereocenters. The van der Waals surface area contributed by atoms with Crippen molar-refractivity contribution in [1.29, 1.82) is 5.26 Å². The van der Waals surface area contributed by atoms with E-state index in [9.17, 15) is 15.2 Å². The third kappa shape index (κ3) is 5.62. The van der Waals surface area contributed by atoms with Crippen molar-refractivity contribution in [2.45, 2.75) is 13.5 Å². The largest absolute Gasteiger partial charge is 0.506 e. The molecule has 0 amide bonds. The predicted octanol–water partition coefficient (Wildman–Crippen LogP) is 6.33. The maximum Gasteiger partial charge on any atom is 0.344 e. The Balaban J connectivity index is 1.67. The van der Waals surface area contributed by atoms with Crippen molar-refractivity contribution in [3.63, 3.8) is 0 Å². The number of ether oxygens (including phenoxy) is 2. The highest BCUT2D eigenvalue weighted by molar-refractivity contribution is 8.18. The number of para-hydroxylation sites is 2. The second-order valence-corrected chi connectivity index (χ2v) is 8.43. The number of aliphatic hydroxyl groups is 1. The highest BCUT2D eigenvalue weighted by atomic mass is 32.2.